The number of halogens is 1. The lowest BCUT2D eigenvalue weighted by molar-refractivity contribution is 0.0903. The van der Waals surface area contributed by atoms with Gasteiger partial charge in [0.25, 0.3) is 0 Å². The van der Waals surface area contributed by atoms with Crippen LogP contribution in [-0.4, -0.2) is 19.3 Å². The Hall–Kier alpha value is -0.740. The summed E-state index contributed by atoms with van der Waals surface area (Å²) in [5.74, 6) is 0.797. The molecule has 1 aromatic rings. The van der Waals surface area contributed by atoms with E-state index in [1.165, 1.54) is 6.42 Å². The van der Waals surface area contributed by atoms with Gasteiger partial charge in [0.15, 0.2) is 0 Å². The van der Waals surface area contributed by atoms with E-state index >= 15 is 0 Å². The number of ether oxygens (including phenoxy) is 2. The number of aryl methyl sites for hydroxylation is 1. The quantitative estimate of drug-likeness (QED) is 0.868. The standard InChI is InChI=1S/C13H18BrNO2/c1-9-7-10(14)8-12(15)13(9)17-6-4-11-3-2-5-16-11/h7-8,11H,2-6,15H2,1H3. The van der Waals surface area contributed by atoms with Gasteiger partial charge in [0.2, 0.25) is 0 Å². The summed E-state index contributed by atoms with van der Waals surface area (Å²) in [6, 6.07) is 3.88. The van der Waals surface area contributed by atoms with Crippen LogP contribution in [0.5, 0.6) is 5.75 Å². The van der Waals surface area contributed by atoms with Crippen LogP contribution in [0.25, 0.3) is 0 Å². The van der Waals surface area contributed by atoms with E-state index in [0.717, 1.165) is 35.2 Å². The number of benzene rings is 1. The van der Waals surface area contributed by atoms with Gasteiger partial charge in [-0.25, -0.2) is 0 Å². The minimum Gasteiger partial charge on any atom is -0.491 e. The van der Waals surface area contributed by atoms with Crippen molar-refractivity contribution in [2.75, 3.05) is 18.9 Å². The molecule has 1 fully saturated rings. The Morgan fingerprint density at radius 2 is 2.35 bits per heavy atom. The molecule has 0 saturated carbocycles. The van der Waals surface area contributed by atoms with E-state index in [9.17, 15) is 0 Å². The first-order chi connectivity index (χ1) is 8.16. The van der Waals surface area contributed by atoms with Gasteiger partial charge in [0, 0.05) is 17.5 Å². The largest absolute Gasteiger partial charge is 0.491 e. The summed E-state index contributed by atoms with van der Waals surface area (Å²) in [5, 5.41) is 0. The minimum atomic E-state index is 0.368. The topological polar surface area (TPSA) is 44.5 Å². The van der Waals surface area contributed by atoms with Crippen LogP contribution in [0, 0.1) is 6.92 Å². The molecule has 1 aromatic carbocycles. The zero-order chi connectivity index (χ0) is 12.3. The smallest absolute Gasteiger partial charge is 0.145 e. The van der Waals surface area contributed by atoms with Crippen LogP contribution in [0.2, 0.25) is 0 Å². The zero-order valence-electron chi connectivity index (χ0n) is 10.0. The summed E-state index contributed by atoms with van der Waals surface area (Å²) in [5.41, 5.74) is 7.67. The molecule has 0 radical (unpaired) electrons. The highest BCUT2D eigenvalue weighted by Crippen LogP contribution is 2.30. The molecule has 3 nitrogen and oxygen atoms in total. The van der Waals surface area contributed by atoms with Crippen LogP contribution in [-0.2, 0) is 4.74 Å². The summed E-state index contributed by atoms with van der Waals surface area (Å²) < 4.78 is 12.3. The maximum atomic E-state index is 5.93. The van der Waals surface area contributed by atoms with E-state index in [2.05, 4.69) is 15.9 Å². The predicted octanol–water partition coefficient (Wildman–Crippen LogP) is 3.29. The first-order valence-corrected chi connectivity index (χ1v) is 6.76. The number of anilines is 1. The van der Waals surface area contributed by atoms with E-state index in [1.807, 2.05) is 19.1 Å². The second-order valence-electron chi connectivity index (χ2n) is 4.41. The number of hydrogen-bond donors (Lipinski definition) is 1. The fourth-order valence-corrected chi connectivity index (χ4v) is 2.71. The highest BCUT2D eigenvalue weighted by molar-refractivity contribution is 9.10. The molecule has 2 N–H and O–H groups in total. The molecule has 1 heterocycles. The third-order valence-electron chi connectivity index (χ3n) is 2.98. The third-order valence-corrected chi connectivity index (χ3v) is 3.44. The summed E-state index contributed by atoms with van der Waals surface area (Å²) in [4.78, 5) is 0. The third kappa shape index (κ3) is 3.36. The van der Waals surface area contributed by atoms with Crippen molar-refractivity contribution in [2.24, 2.45) is 0 Å². The second-order valence-corrected chi connectivity index (χ2v) is 5.33. The van der Waals surface area contributed by atoms with Crippen molar-refractivity contribution in [3.63, 3.8) is 0 Å². The van der Waals surface area contributed by atoms with Crippen LogP contribution < -0.4 is 10.5 Å². The molecule has 4 heteroatoms. The maximum absolute atomic E-state index is 5.93. The number of hydrogen-bond acceptors (Lipinski definition) is 3. The monoisotopic (exact) mass is 299 g/mol. The van der Waals surface area contributed by atoms with Gasteiger partial charge in [-0.2, -0.15) is 0 Å². The normalized spacial score (nSPS) is 19.5. The maximum Gasteiger partial charge on any atom is 0.145 e. The molecule has 1 saturated heterocycles. The van der Waals surface area contributed by atoms with Crippen molar-refractivity contribution in [1.29, 1.82) is 0 Å². The molecule has 1 atom stereocenters. The molecule has 0 amide bonds. The minimum absolute atomic E-state index is 0.368. The summed E-state index contributed by atoms with van der Waals surface area (Å²) >= 11 is 3.41. The van der Waals surface area contributed by atoms with Gasteiger partial charge in [-0.05, 0) is 37.5 Å². The molecule has 1 aliphatic heterocycles. The van der Waals surface area contributed by atoms with Gasteiger partial charge in [-0.15, -0.1) is 0 Å². The Balaban J connectivity index is 1.89. The van der Waals surface area contributed by atoms with Gasteiger partial charge in [0.1, 0.15) is 5.75 Å². The van der Waals surface area contributed by atoms with Crippen molar-refractivity contribution < 1.29 is 9.47 Å². The SMILES string of the molecule is Cc1cc(Br)cc(N)c1OCCC1CCCO1. The molecule has 0 bridgehead atoms. The van der Waals surface area contributed by atoms with Crippen LogP contribution >= 0.6 is 15.9 Å². The summed E-state index contributed by atoms with van der Waals surface area (Å²) in [7, 11) is 0. The van der Waals surface area contributed by atoms with E-state index in [0.29, 0.717) is 18.4 Å². The fraction of sp³-hybridized carbons (Fsp3) is 0.538. The molecular formula is C13H18BrNO2. The Kier molecular flexibility index (Phi) is 4.29. The molecule has 1 unspecified atom stereocenters. The average Bonchev–Trinajstić information content (AvgIpc) is 2.74. The van der Waals surface area contributed by atoms with Crippen LogP contribution in [0.15, 0.2) is 16.6 Å². The van der Waals surface area contributed by atoms with Crippen molar-refractivity contribution in [1.82, 2.24) is 0 Å². The number of rotatable bonds is 4. The highest BCUT2D eigenvalue weighted by Gasteiger charge is 2.15. The van der Waals surface area contributed by atoms with Gasteiger partial charge < -0.3 is 15.2 Å². The molecule has 0 spiro atoms. The van der Waals surface area contributed by atoms with Crippen LogP contribution in [0.4, 0.5) is 5.69 Å². The molecule has 17 heavy (non-hydrogen) atoms. The van der Waals surface area contributed by atoms with Gasteiger partial charge in [0.05, 0.1) is 18.4 Å². The Labute approximate surface area is 110 Å². The second kappa shape index (κ2) is 5.74. The molecule has 0 aliphatic carbocycles. The Bertz CT molecular complexity index is 366. The predicted molar refractivity (Wildman–Crippen MR) is 72.4 cm³/mol. The Morgan fingerprint density at radius 1 is 1.53 bits per heavy atom. The number of nitrogen functional groups attached to an aromatic ring is 1. The zero-order valence-corrected chi connectivity index (χ0v) is 11.6. The fourth-order valence-electron chi connectivity index (χ4n) is 2.12. The highest BCUT2D eigenvalue weighted by atomic mass is 79.9. The van der Waals surface area contributed by atoms with Crippen molar-refractivity contribution in [3.8, 4) is 5.75 Å². The van der Waals surface area contributed by atoms with E-state index < -0.39 is 0 Å². The van der Waals surface area contributed by atoms with E-state index in [-0.39, 0.29) is 0 Å². The lowest BCUT2D eigenvalue weighted by Crippen LogP contribution is -2.11. The van der Waals surface area contributed by atoms with Gasteiger partial charge in [-0.1, -0.05) is 15.9 Å². The summed E-state index contributed by atoms with van der Waals surface area (Å²) in [6.45, 7) is 3.56. The molecular weight excluding hydrogens is 282 g/mol. The lowest BCUT2D eigenvalue weighted by atomic mass is 10.2. The number of nitrogens with two attached hydrogens (primary N) is 1. The Morgan fingerprint density at radius 3 is 3.00 bits per heavy atom. The van der Waals surface area contributed by atoms with E-state index in [1.54, 1.807) is 0 Å². The lowest BCUT2D eigenvalue weighted by Gasteiger charge is -2.14. The van der Waals surface area contributed by atoms with Crippen molar-refractivity contribution in [2.45, 2.75) is 32.3 Å². The van der Waals surface area contributed by atoms with Crippen molar-refractivity contribution in [3.05, 3.63) is 22.2 Å². The molecule has 1 aliphatic rings. The molecule has 2 rings (SSSR count). The first-order valence-electron chi connectivity index (χ1n) is 5.97. The first kappa shape index (κ1) is 12.7. The van der Waals surface area contributed by atoms with Crippen LogP contribution in [0.3, 0.4) is 0 Å². The van der Waals surface area contributed by atoms with Gasteiger partial charge in [-0.3, -0.25) is 0 Å². The molecule has 94 valence electrons. The van der Waals surface area contributed by atoms with Crippen LogP contribution in [0.1, 0.15) is 24.8 Å². The van der Waals surface area contributed by atoms with Crippen molar-refractivity contribution >= 4 is 21.6 Å². The van der Waals surface area contributed by atoms with Gasteiger partial charge >= 0.3 is 0 Å². The molecule has 0 aromatic heterocycles. The van der Waals surface area contributed by atoms with E-state index in [4.69, 9.17) is 15.2 Å². The average molecular weight is 300 g/mol. The summed E-state index contributed by atoms with van der Waals surface area (Å²) in [6.07, 6.45) is 3.63.